The van der Waals surface area contributed by atoms with Crippen molar-refractivity contribution in [3.05, 3.63) is 47.0 Å². The molecule has 1 saturated heterocycles. The highest BCUT2D eigenvalue weighted by Gasteiger charge is 2.20. The molecule has 3 N–H and O–H groups in total. The number of benzene rings is 2. The minimum Gasteiger partial charge on any atom is -0.338 e. The van der Waals surface area contributed by atoms with E-state index in [-0.39, 0.29) is 6.03 Å². The van der Waals surface area contributed by atoms with Crippen LogP contribution in [-0.2, 0) is 0 Å². The molecule has 0 spiro atoms. The number of likely N-dealkylation sites (tertiary alicyclic amines) is 1. The Hall–Kier alpha value is -2.57. The van der Waals surface area contributed by atoms with Gasteiger partial charge in [-0.25, -0.2) is 4.79 Å². The predicted molar refractivity (Wildman–Crippen MR) is 119 cm³/mol. The number of nitrogens with one attached hydrogen (secondary N) is 3. The molecule has 1 aromatic heterocycles. The number of urea groups is 1. The Bertz CT molecular complexity index is 1030. The van der Waals surface area contributed by atoms with E-state index in [4.69, 9.17) is 11.6 Å². The van der Waals surface area contributed by atoms with E-state index in [1.807, 2.05) is 37.3 Å². The summed E-state index contributed by atoms with van der Waals surface area (Å²) in [5.74, 6) is 0.536. The fraction of sp³-hybridized carbons (Fsp3) is 0.364. The monoisotopic (exact) mass is 411 g/mol. The summed E-state index contributed by atoms with van der Waals surface area (Å²) in [5, 5.41) is 14.7. The van der Waals surface area contributed by atoms with E-state index in [2.05, 4.69) is 38.8 Å². The van der Waals surface area contributed by atoms with Gasteiger partial charge in [0.15, 0.2) is 5.82 Å². The molecule has 7 heteroatoms. The van der Waals surface area contributed by atoms with Crippen LogP contribution in [0.2, 0.25) is 5.02 Å². The Morgan fingerprint density at radius 2 is 2.07 bits per heavy atom. The van der Waals surface area contributed by atoms with Crippen molar-refractivity contribution < 1.29 is 4.79 Å². The number of nitrogens with zero attached hydrogens (tertiary/aromatic N) is 2. The van der Waals surface area contributed by atoms with Crippen LogP contribution in [0.15, 0.2) is 36.4 Å². The Kier molecular flexibility index (Phi) is 5.74. The molecule has 1 aliphatic heterocycles. The molecule has 2 heterocycles. The van der Waals surface area contributed by atoms with Gasteiger partial charge in [-0.2, -0.15) is 5.10 Å². The van der Waals surface area contributed by atoms with Crippen molar-refractivity contribution in [2.24, 2.45) is 0 Å². The molecule has 6 nitrogen and oxygen atoms in total. The van der Waals surface area contributed by atoms with Crippen molar-refractivity contribution in [3.8, 4) is 11.1 Å². The standard InChI is InChI=1S/C22H26ClN5O/c1-14-12-15(6-8-19(14)23)16-5-7-18-20(13-16)26-27-21(18)25-22(29)24-10-9-17-4-3-11-28(17)2/h5-8,12-13,17H,3-4,9-11H2,1-2H3,(H3,24,25,26,27,29). The molecule has 29 heavy (non-hydrogen) atoms. The number of halogens is 1. The number of aryl methyl sites for hydroxylation is 1. The van der Waals surface area contributed by atoms with Crippen LogP contribution in [0.4, 0.5) is 10.6 Å². The van der Waals surface area contributed by atoms with Gasteiger partial charge in [-0.05, 0) is 80.7 Å². The van der Waals surface area contributed by atoms with Crippen LogP contribution in [0.5, 0.6) is 0 Å². The number of fused-ring (bicyclic) bond motifs is 1. The summed E-state index contributed by atoms with van der Waals surface area (Å²) in [6.07, 6.45) is 3.42. The highest BCUT2D eigenvalue weighted by atomic mass is 35.5. The minimum absolute atomic E-state index is 0.226. The Balaban J connectivity index is 1.40. The Morgan fingerprint density at radius 3 is 2.83 bits per heavy atom. The van der Waals surface area contributed by atoms with Crippen LogP contribution in [0.3, 0.4) is 0 Å². The largest absolute Gasteiger partial charge is 0.338 e. The van der Waals surface area contributed by atoms with E-state index in [9.17, 15) is 4.79 Å². The Morgan fingerprint density at radius 1 is 1.28 bits per heavy atom. The van der Waals surface area contributed by atoms with Gasteiger partial charge in [0.1, 0.15) is 0 Å². The number of aromatic amines is 1. The SMILES string of the molecule is Cc1cc(-c2ccc3c(NC(=O)NCCC4CCCN4C)n[nH]c3c2)ccc1Cl. The lowest BCUT2D eigenvalue weighted by Crippen LogP contribution is -2.34. The molecule has 1 unspecified atom stereocenters. The van der Waals surface area contributed by atoms with Crippen LogP contribution in [0.25, 0.3) is 22.0 Å². The van der Waals surface area contributed by atoms with Crippen LogP contribution in [-0.4, -0.2) is 47.3 Å². The summed E-state index contributed by atoms with van der Waals surface area (Å²) < 4.78 is 0. The maximum atomic E-state index is 12.3. The van der Waals surface area contributed by atoms with E-state index in [1.165, 1.54) is 12.8 Å². The van der Waals surface area contributed by atoms with E-state index in [1.54, 1.807) is 0 Å². The number of hydrogen-bond acceptors (Lipinski definition) is 3. The first-order valence-electron chi connectivity index (χ1n) is 10.0. The number of anilines is 1. The third-order valence-corrected chi connectivity index (χ3v) is 6.14. The summed E-state index contributed by atoms with van der Waals surface area (Å²) >= 11 is 6.13. The average molecular weight is 412 g/mol. The van der Waals surface area contributed by atoms with Gasteiger partial charge in [0, 0.05) is 23.0 Å². The van der Waals surface area contributed by atoms with Gasteiger partial charge in [0.05, 0.1) is 5.52 Å². The predicted octanol–water partition coefficient (Wildman–Crippen LogP) is 4.80. The first kappa shape index (κ1) is 19.7. The number of carbonyl (C=O) groups is 1. The van der Waals surface area contributed by atoms with Gasteiger partial charge in [0.25, 0.3) is 0 Å². The van der Waals surface area contributed by atoms with Gasteiger partial charge in [-0.3, -0.25) is 10.4 Å². The second kappa shape index (κ2) is 8.43. The zero-order valence-electron chi connectivity index (χ0n) is 16.8. The highest BCUT2D eigenvalue weighted by molar-refractivity contribution is 6.31. The Labute approximate surface area is 175 Å². The van der Waals surface area contributed by atoms with Crippen LogP contribution in [0.1, 0.15) is 24.8 Å². The number of carbonyl (C=O) groups excluding carboxylic acids is 1. The van der Waals surface area contributed by atoms with Crippen molar-refractivity contribution in [3.63, 3.8) is 0 Å². The van der Waals surface area contributed by atoms with Crippen LogP contribution in [0, 0.1) is 6.92 Å². The molecule has 0 aliphatic carbocycles. The second-order valence-corrected chi connectivity index (χ2v) is 8.15. The maximum Gasteiger partial charge on any atom is 0.320 e. The molecule has 0 bridgehead atoms. The lowest BCUT2D eigenvalue weighted by molar-refractivity contribution is 0.248. The van der Waals surface area contributed by atoms with E-state index in [0.29, 0.717) is 18.4 Å². The average Bonchev–Trinajstić information content (AvgIpc) is 3.30. The first-order valence-corrected chi connectivity index (χ1v) is 10.4. The molecule has 0 saturated carbocycles. The van der Waals surface area contributed by atoms with Gasteiger partial charge in [-0.15, -0.1) is 0 Å². The van der Waals surface area contributed by atoms with Crippen molar-refractivity contribution >= 4 is 34.4 Å². The van der Waals surface area contributed by atoms with Gasteiger partial charge >= 0.3 is 6.03 Å². The molecule has 2 amide bonds. The van der Waals surface area contributed by atoms with E-state index < -0.39 is 0 Å². The summed E-state index contributed by atoms with van der Waals surface area (Å²) in [7, 11) is 2.15. The van der Waals surface area contributed by atoms with Crippen LogP contribution < -0.4 is 10.6 Å². The number of hydrogen-bond donors (Lipinski definition) is 3. The number of aromatic nitrogens is 2. The molecule has 1 aliphatic rings. The summed E-state index contributed by atoms with van der Waals surface area (Å²) in [6.45, 7) is 3.79. The number of amides is 2. The number of H-pyrrole nitrogens is 1. The summed E-state index contributed by atoms with van der Waals surface area (Å²) in [6, 6.07) is 12.3. The summed E-state index contributed by atoms with van der Waals surface area (Å²) in [4.78, 5) is 14.6. The third-order valence-electron chi connectivity index (χ3n) is 5.72. The fourth-order valence-corrected chi connectivity index (χ4v) is 4.08. The van der Waals surface area contributed by atoms with E-state index in [0.717, 1.165) is 45.6 Å². The molecule has 152 valence electrons. The normalized spacial score (nSPS) is 17.0. The van der Waals surface area contributed by atoms with Gasteiger partial charge in [0.2, 0.25) is 0 Å². The fourth-order valence-electron chi connectivity index (χ4n) is 3.97. The highest BCUT2D eigenvalue weighted by Crippen LogP contribution is 2.29. The minimum atomic E-state index is -0.226. The van der Waals surface area contributed by atoms with Gasteiger partial charge < -0.3 is 10.2 Å². The zero-order chi connectivity index (χ0) is 20.4. The molecule has 0 radical (unpaired) electrons. The maximum absolute atomic E-state index is 12.3. The quantitative estimate of drug-likeness (QED) is 0.564. The third kappa shape index (κ3) is 4.38. The van der Waals surface area contributed by atoms with Crippen molar-refractivity contribution in [2.75, 3.05) is 25.5 Å². The smallest absolute Gasteiger partial charge is 0.320 e. The van der Waals surface area contributed by atoms with Crippen molar-refractivity contribution in [2.45, 2.75) is 32.2 Å². The molecule has 1 fully saturated rings. The zero-order valence-corrected chi connectivity index (χ0v) is 17.5. The lowest BCUT2D eigenvalue weighted by atomic mass is 10.0. The van der Waals surface area contributed by atoms with E-state index >= 15 is 0 Å². The van der Waals surface area contributed by atoms with Crippen LogP contribution >= 0.6 is 11.6 Å². The second-order valence-electron chi connectivity index (χ2n) is 7.74. The molecule has 4 rings (SSSR count). The topological polar surface area (TPSA) is 73.1 Å². The lowest BCUT2D eigenvalue weighted by Gasteiger charge is -2.19. The first-order chi connectivity index (χ1) is 14.0. The molecule has 3 aromatic rings. The molecular weight excluding hydrogens is 386 g/mol. The number of rotatable bonds is 5. The van der Waals surface area contributed by atoms with Crippen molar-refractivity contribution in [1.29, 1.82) is 0 Å². The van der Waals surface area contributed by atoms with Gasteiger partial charge in [-0.1, -0.05) is 23.7 Å². The molecule has 2 aromatic carbocycles. The molecular formula is C22H26ClN5O. The van der Waals surface area contributed by atoms with Crippen molar-refractivity contribution in [1.82, 2.24) is 20.4 Å². The summed E-state index contributed by atoms with van der Waals surface area (Å²) in [5.41, 5.74) is 4.07. The molecule has 1 atom stereocenters.